The third-order valence-electron chi connectivity index (χ3n) is 6.97. The van der Waals surface area contributed by atoms with E-state index in [1.807, 2.05) is 0 Å². The van der Waals surface area contributed by atoms with Crippen LogP contribution in [-0.4, -0.2) is 6.61 Å². The van der Waals surface area contributed by atoms with Gasteiger partial charge in [-0.25, -0.2) is 0 Å². The molecule has 0 heterocycles. The summed E-state index contributed by atoms with van der Waals surface area (Å²) in [5.41, 5.74) is 2.84. The number of allylic oxidation sites excluding steroid dienone is 2. The molecule has 0 amide bonds. The second kappa shape index (κ2) is 10.9. The molecule has 0 radical (unpaired) electrons. The first kappa shape index (κ1) is 20.4. The number of hydrogen-bond acceptors (Lipinski definition) is 1. The maximum absolute atomic E-state index is 5.75. The summed E-state index contributed by atoms with van der Waals surface area (Å²) in [6, 6.07) is 9.25. The van der Waals surface area contributed by atoms with Gasteiger partial charge < -0.3 is 4.74 Å². The molecule has 1 nitrogen and oxygen atoms in total. The van der Waals surface area contributed by atoms with Crippen molar-refractivity contribution < 1.29 is 4.74 Å². The second-order valence-electron chi connectivity index (χ2n) is 8.67. The van der Waals surface area contributed by atoms with E-state index in [-0.39, 0.29) is 0 Å². The zero-order valence-corrected chi connectivity index (χ0v) is 17.2. The summed E-state index contributed by atoms with van der Waals surface area (Å²) in [5.74, 6) is 3.54. The first-order valence-electron chi connectivity index (χ1n) is 11.2. The Balaban J connectivity index is 1.41. The van der Waals surface area contributed by atoms with Crippen molar-refractivity contribution in [1.29, 1.82) is 0 Å². The summed E-state index contributed by atoms with van der Waals surface area (Å²) >= 11 is 0. The van der Waals surface area contributed by atoms with Crippen LogP contribution in [0.4, 0.5) is 0 Å². The highest BCUT2D eigenvalue weighted by atomic mass is 16.5. The van der Waals surface area contributed by atoms with Crippen molar-refractivity contribution in [3.05, 3.63) is 60.2 Å². The Bertz CT molecular complexity index is 569. The Morgan fingerprint density at radius 1 is 0.926 bits per heavy atom. The summed E-state index contributed by atoms with van der Waals surface area (Å²) in [6.07, 6.45) is 18.7. The average molecular weight is 367 g/mol. The molecule has 2 saturated carbocycles. The van der Waals surface area contributed by atoms with E-state index in [2.05, 4.69) is 56.0 Å². The summed E-state index contributed by atoms with van der Waals surface area (Å²) in [6.45, 7) is 7.59. The van der Waals surface area contributed by atoms with Crippen LogP contribution in [0.15, 0.2) is 49.1 Å². The van der Waals surface area contributed by atoms with Gasteiger partial charge in [-0.2, -0.15) is 0 Å². The van der Waals surface area contributed by atoms with Crippen LogP contribution in [0.2, 0.25) is 0 Å². The van der Waals surface area contributed by atoms with Crippen molar-refractivity contribution in [3.8, 4) is 0 Å². The van der Waals surface area contributed by atoms with Crippen LogP contribution in [-0.2, 0) is 11.3 Å². The minimum absolute atomic E-state index is 0.734. The van der Waals surface area contributed by atoms with Gasteiger partial charge in [-0.15, -0.1) is 6.58 Å². The van der Waals surface area contributed by atoms with Gasteiger partial charge in [-0.1, -0.05) is 42.5 Å². The number of hydrogen-bond donors (Lipinski definition) is 0. The molecule has 1 aromatic carbocycles. The molecule has 0 unspecified atom stereocenters. The minimum Gasteiger partial charge on any atom is -0.376 e. The van der Waals surface area contributed by atoms with Crippen LogP contribution >= 0.6 is 0 Å². The standard InChI is InChI=1S/C26H38O/c1-3-5-6-19-27-20-22-9-13-24(14-10-22)26-17-15-25(16-18-26)23-11-7-21(4-2)8-12-23/h3-5,9-10,13-14,21,23,25-26H,2,6-8,11-12,15-20H2,1H3. The third-order valence-corrected chi connectivity index (χ3v) is 6.97. The van der Waals surface area contributed by atoms with Crippen LogP contribution < -0.4 is 0 Å². The van der Waals surface area contributed by atoms with E-state index < -0.39 is 0 Å². The topological polar surface area (TPSA) is 9.23 Å². The Morgan fingerprint density at radius 3 is 2.15 bits per heavy atom. The maximum Gasteiger partial charge on any atom is 0.0717 e. The minimum atomic E-state index is 0.734. The number of ether oxygens (including phenoxy) is 1. The molecule has 2 aliphatic carbocycles. The first-order chi connectivity index (χ1) is 13.3. The molecule has 0 N–H and O–H groups in total. The van der Waals surface area contributed by atoms with Crippen molar-refractivity contribution in [2.45, 2.75) is 77.2 Å². The van der Waals surface area contributed by atoms with Gasteiger partial charge in [0, 0.05) is 0 Å². The third kappa shape index (κ3) is 6.07. The molecule has 148 valence electrons. The van der Waals surface area contributed by atoms with Crippen LogP contribution in [0.3, 0.4) is 0 Å². The lowest BCUT2D eigenvalue weighted by Gasteiger charge is -2.37. The summed E-state index contributed by atoms with van der Waals surface area (Å²) in [4.78, 5) is 0. The van der Waals surface area contributed by atoms with Gasteiger partial charge >= 0.3 is 0 Å². The fraction of sp³-hybridized carbons (Fsp3) is 0.615. The quantitative estimate of drug-likeness (QED) is 0.343. The molecule has 0 saturated heterocycles. The van der Waals surface area contributed by atoms with Gasteiger partial charge in [-0.05, 0) is 99.5 Å². The van der Waals surface area contributed by atoms with Gasteiger partial charge in [0.15, 0.2) is 0 Å². The number of rotatable bonds is 8. The van der Waals surface area contributed by atoms with E-state index >= 15 is 0 Å². The molecule has 2 aliphatic rings. The molecule has 0 spiro atoms. The van der Waals surface area contributed by atoms with Crippen LogP contribution in [0.1, 0.15) is 81.8 Å². The molecule has 2 fully saturated rings. The molecule has 0 bridgehead atoms. The summed E-state index contributed by atoms with van der Waals surface area (Å²) in [7, 11) is 0. The van der Waals surface area contributed by atoms with E-state index in [0.717, 1.165) is 43.3 Å². The Labute approximate surface area is 166 Å². The van der Waals surface area contributed by atoms with Crippen LogP contribution in [0, 0.1) is 17.8 Å². The Morgan fingerprint density at radius 2 is 1.56 bits per heavy atom. The largest absolute Gasteiger partial charge is 0.376 e. The van der Waals surface area contributed by atoms with Crippen LogP contribution in [0.25, 0.3) is 0 Å². The van der Waals surface area contributed by atoms with E-state index in [1.165, 1.54) is 56.9 Å². The van der Waals surface area contributed by atoms with Gasteiger partial charge in [-0.3, -0.25) is 0 Å². The molecule has 0 aromatic heterocycles. The molecule has 0 aliphatic heterocycles. The molecule has 1 heteroatoms. The molecule has 27 heavy (non-hydrogen) atoms. The molecular formula is C26H38O. The molecule has 0 atom stereocenters. The fourth-order valence-electron chi connectivity index (χ4n) is 5.17. The number of benzene rings is 1. The highest BCUT2D eigenvalue weighted by molar-refractivity contribution is 5.25. The summed E-state index contributed by atoms with van der Waals surface area (Å²) < 4.78 is 5.75. The Kier molecular flexibility index (Phi) is 8.20. The van der Waals surface area contributed by atoms with Crippen molar-refractivity contribution >= 4 is 0 Å². The fourth-order valence-corrected chi connectivity index (χ4v) is 5.17. The highest BCUT2D eigenvalue weighted by Gasteiger charge is 2.30. The zero-order chi connectivity index (χ0) is 18.9. The van der Waals surface area contributed by atoms with Gasteiger partial charge in [0.1, 0.15) is 0 Å². The molecular weight excluding hydrogens is 328 g/mol. The molecule has 3 rings (SSSR count). The maximum atomic E-state index is 5.75. The SMILES string of the molecule is C=CC1CCC(C2CCC(c3ccc(COCCC=CC)cc3)CC2)CC1. The lowest BCUT2D eigenvalue weighted by Crippen LogP contribution is -2.25. The predicted octanol–water partition coefficient (Wildman–Crippen LogP) is 7.44. The first-order valence-corrected chi connectivity index (χ1v) is 11.2. The normalized spacial score (nSPS) is 29.1. The van der Waals surface area contributed by atoms with E-state index in [1.54, 1.807) is 5.56 Å². The monoisotopic (exact) mass is 366 g/mol. The Hall–Kier alpha value is -1.34. The lowest BCUT2D eigenvalue weighted by atomic mass is 9.68. The summed E-state index contributed by atoms with van der Waals surface area (Å²) in [5, 5.41) is 0. The van der Waals surface area contributed by atoms with Gasteiger partial charge in [0.05, 0.1) is 13.2 Å². The van der Waals surface area contributed by atoms with E-state index in [9.17, 15) is 0 Å². The van der Waals surface area contributed by atoms with Crippen molar-refractivity contribution in [2.24, 2.45) is 17.8 Å². The second-order valence-corrected chi connectivity index (χ2v) is 8.67. The lowest BCUT2D eigenvalue weighted by molar-refractivity contribution is 0.125. The van der Waals surface area contributed by atoms with Crippen LogP contribution in [0.5, 0.6) is 0 Å². The predicted molar refractivity (Wildman–Crippen MR) is 116 cm³/mol. The van der Waals surface area contributed by atoms with Gasteiger partial charge in [0.2, 0.25) is 0 Å². The zero-order valence-electron chi connectivity index (χ0n) is 17.2. The van der Waals surface area contributed by atoms with Crippen molar-refractivity contribution in [3.63, 3.8) is 0 Å². The average Bonchev–Trinajstić information content (AvgIpc) is 2.74. The van der Waals surface area contributed by atoms with Gasteiger partial charge in [0.25, 0.3) is 0 Å². The van der Waals surface area contributed by atoms with E-state index in [4.69, 9.17) is 4.74 Å². The van der Waals surface area contributed by atoms with Crippen molar-refractivity contribution in [1.82, 2.24) is 0 Å². The van der Waals surface area contributed by atoms with Crippen molar-refractivity contribution in [2.75, 3.05) is 6.61 Å². The molecule has 1 aromatic rings. The highest BCUT2D eigenvalue weighted by Crippen LogP contribution is 2.44. The smallest absolute Gasteiger partial charge is 0.0717 e. The van der Waals surface area contributed by atoms with E-state index in [0.29, 0.717) is 0 Å².